The van der Waals surface area contributed by atoms with Crippen LogP contribution in [0.4, 0.5) is 0 Å². The van der Waals surface area contributed by atoms with Crippen LogP contribution in [0, 0.1) is 0 Å². The summed E-state index contributed by atoms with van der Waals surface area (Å²) < 4.78 is 0. The smallest absolute Gasteiger partial charge is 0.115 e. The molecule has 0 aromatic heterocycles. The van der Waals surface area contributed by atoms with Gasteiger partial charge in [0.05, 0.1) is 0 Å². The summed E-state index contributed by atoms with van der Waals surface area (Å²) in [6.45, 7) is 4.22. The fraction of sp³-hybridized carbons (Fsp3) is 0.250. The molecule has 0 saturated heterocycles. The quantitative estimate of drug-likeness (QED) is 0.864. The number of halogens is 1. The van der Waals surface area contributed by atoms with E-state index in [0.29, 0.717) is 5.75 Å². The van der Waals surface area contributed by atoms with Gasteiger partial charge in [0, 0.05) is 17.1 Å². The van der Waals surface area contributed by atoms with Crippen molar-refractivity contribution in [1.82, 2.24) is 5.32 Å². The van der Waals surface area contributed by atoms with Crippen molar-refractivity contribution in [3.8, 4) is 5.75 Å². The molecule has 100 valence electrons. The number of aromatic hydroxyl groups is 1. The molecule has 2 aromatic carbocycles. The van der Waals surface area contributed by atoms with Crippen molar-refractivity contribution in [2.75, 3.05) is 0 Å². The van der Waals surface area contributed by atoms with Crippen molar-refractivity contribution in [3.63, 3.8) is 0 Å². The predicted octanol–water partition coefficient (Wildman–Crippen LogP) is 4.46. The third-order valence-corrected chi connectivity index (χ3v) is 3.48. The van der Waals surface area contributed by atoms with Gasteiger partial charge >= 0.3 is 0 Å². The third-order valence-electron chi connectivity index (χ3n) is 3.24. The molecule has 0 aliphatic carbocycles. The van der Waals surface area contributed by atoms with Crippen molar-refractivity contribution < 1.29 is 5.11 Å². The van der Waals surface area contributed by atoms with E-state index in [0.717, 1.165) is 16.1 Å². The lowest BCUT2D eigenvalue weighted by Crippen LogP contribution is -2.22. The molecule has 0 amide bonds. The van der Waals surface area contributed by atoms with Gasteiger partial charge in [-0.05, 0) is 49.2 Å². The monoisotopic (exact) mass is 275 g/mol. The van der Waals surface area contributed by atoms with Crippen molar-refractivity contribution in [2.24, 2.45) is 0 Å². The Morgan fingerprint density at radius 3 is 2.21 bits per heavy atom. The molecular formula is C16H18ClNO. The molecule has 0 heterocycles. The minimum absolute atomic E-state index is 0.203. The van der Waals surface area contributed by atoms with Crippen LogP contribution < -0.4 is 5.32 Å². The summed E-state index contributed by atoms with van der Waals surface area (Å²) in [5, 5.41) is 13.6. The predicted molar refractivity (Wildman–Crippen MR) is 79.5 cm³/mol. The maximum atomic E-state index is 9.29. The van der Waals surface area contributed by atoms with Gasteiger partial charge < -0.3 is 10.4 Å². The fourth-order valence-corrected chi connectivity index (χ4v) is 2.31. The summed E-state index contributed by atoms with van der Waals surface area (Å²) in [5.74, 6) is 0.291. The second-order valence-electron chi connectivity index (χ2n) is 4.76. The van der Waals surface area contributed by atoms with Crippen LogP contribution in [0.1, 0.15) is 37.1 Å². The molecule has 2 aromatic rings. The highest BCUT2D eigenvalue weighted by atomic mass is 35.5. The van der Waals surface area contributed by atoms with E-state index in [1.807, 2.05) is 30.3 Å². The summed E-state index contributed by atoms with van der Waals surface area (Å²) in [4.78, 5) is 0. The average molecular weight is 276 g/mol. The third kappa shape index (κ3) is 3.72. The second-order valence-corrected chi connectivity index (χ2v) is 5.19. The minimum Gasteiger partial charge on any atom is -0.508 e. The fourth-order valence-electron chi connectivity index (χ4n) is 2.11. The van der Waals surface area contributed by atoms with Gasteiger partial charge in [0.15, 0.2) is 0 Å². The highest BCUT2D eigenvalue weighted by Crippen LogP contribution is 2.22. The normalized spacial score (nSPS) is 14.1. The molecule has 3 heteroatoms. The van der Waals surface area contributed by atoms with E-state index in [1.54, 1.807) is 12.1 Å². The van der Waals surface area contributed by atoms with Crippen molar-refractivity contribution in [3.05, 3.63) is 64.7 Å². The molecule has 1 unspecified atom stereocenters. The maximum absolute atomic E-state index is 9.29. The molecule has 2 nitrogen and oxygen atoms in total. The Morgan fingerprint density at radius 1 is 0.947 bits per heavy atom. The number of phenolic OH excluding ortho intramolecular Hbond substituents is 1. The number of benzene rings is 2. The number of phenols is 1. The lowest BCUT2D eigenvalue weighted by atomic mass is 10.0. The molecule has 0 aliphatic rings. The Labute approximate surface area is 119 Å². The molecule has 2 rings (SSSR count). The van der Waals surface area contributed by atoms with E-state index >= 15 is 0 Å². The highest BCUT2D eigenvalue weighted by Gasteiger charge is 2.11. The summed E-state index contributed by atoms with van der Waals surface area (Å²) in [5.41, 5.74) is 2.31. The largest absolute Gasteiger partial charge is 0.508 e. The van der Waals surface area contributed by atoms with E-state index in [2.05, 4.69) is 25.2 Å². The molecule has 19 heavy (non-hydrogen) atoms. The standard InChI is InChI=1S/C16H18ClNO/c1-11(13-6-8-16(19)9-7-13)18-12(2)14-4-3-5-15(17)10-14/h3-12,18-19H,1-2H3/t11?,12-/m0/s1. The Hall–Kier alpha value is -1.51. The first-order valence-electron chi connectivity index (χ1n) is 6.36. The Bertz CT molecular complexity index is 539. The van der Waals surface area contributed by atoms with Crippen molar-refractivity contribution in [2.45, 2.75) is 25.9 Å². The van der Waals surface area contributed by atoms with Gasteiger partial charge in [0.1, 0.15) is 5.75 Å². The molecule has 2 atom stereocenters. The van der Waals surface area contributed by atoms with Crippen LogP contribution in [0.3, 0.4) is 0 Å². The zero-order chi connectivity index (χ0) is 13.8. The summed E-state index contributed by atoms with van der Waals surface area (Å²) >= 11 is 6.00. The zero-order valence-corrected chi connectivity index (χ0v) is 11.9. The van der Waals surface area contributed by atoms with Gasteiger partial charge in [0.2, 0.25) is 0 Å². The first-order chi connectivity index (χ1) is 9.06. The number of hydrogen-bond donors (Lipinski definition) is 2. The van der Waals surface area contributed by atoms with E-state index < -0.39 is 0 Å². The SMILES string of the molecule is CC(N[C@@H](C)c1cccc(Cl)c1)c1ccc(O)cc1. The summed E-state index contributed by atoms with van der Waals surface area (Å²) in [6.07, 6.45) is 0. The van der Waals surface area contributed by atoms with Gasteiger partial charge in [-0.1, -0.05) is 35.9 Å². The van der Waals surface area contributed by atoms with Crippen LogP contribution in [0.2, 0.25) is 5.02 Å². The van der Waals surface area contributed by atoms with Gasteiger partial charge in [0.25, 0.3) is 0 Å². The molecule has 0 fully saturated rings. The molecule has 0 bridgehead atoms. The van der Waals surface area contributed by atoms with Crippen LogP contribution >= 0.6 is 11.6 Å². The minimum atomic E-state index is 0.203. The second kappa shape index (κ2) is 6.09. The summed E-state index contributed by atoms with van der Waals surface area (Å²) in [7, 11) is 0. The van der Waals surface area contributed by atoms with Gasteiger partial charge in [-0.25, -0.2) is 0 Å². The molecule has 2 N–H and O–H groups in total. The van der Waals surface area contributed by atoms with Crippen LogP contribution in [0.5, 0.6) is 5.75 Å². The van der Waals surface area contributed by atoms with Crippen LogP contribution in [-0.4, -0.2) is 5.11 Å². The van der Waals surface area contributed by atoms with E-state index in [1.165, 1.54) is 0 Å². The summed E-state index contributed by atoms with van der Waals surface area (Å²) in [6, 6.07) is 15.6. The number of rotatable bonds is 4. The molecule has 0 radical (unpaired) electrons. The topological polar surface area (TPSA) is 32.3 Å². The van der Waals surface area contributed by atoms with Crippen LogP contribution in [-0.2, 0) is 0 Å². The van der Waals surface area contributed by atoms with Crippen molar-refractivity contribution in [1.29, 1.82) is 0 Å². The van der Waals surface area contributed by atoms with E-state index in [4.69, 9.17) is 11.6 Å². The van der Waals surface area contributed by atoms with Crippen molar-refractivity contribution >= 4 is 11.6 Å². The lowest BCUT2D eigenvalue weighted by Gasteiger charge is -2.21. The van der Waals surface area contributed by atoms with Crippen LogP contribution in [0.25, 0.3) is 0 Å². The zero-order valence-electron chi connectivity index (χ0n) is 11.1. The average Bonchev–Trinajstić information content (AvgIpc) is 2.39. The molecule has 0 saturated carbocycles. The van der Waals surface area contributed by atoms with Crippen LogP contribution in [0.15, 0.2) is 48.5 Å². The Balaban J connectivity index is 2.06. The number of hydrogen-bond acceptors (Lipinski definition) is 2. The molecule has 0 aliphatic heterocycles. The van der Waals surface area contributed by atoms with E-state index in [9.17, 15) is 5.11 Å². The molecule has 0 spiro atoms. The Morgan fingerprint density at radius 2 is 1.58 bits per heavy atom. The Kier molecular flexibility index (Phi) is 4.46. The van der Waals surface area contributed by atoms with Gasteiger partial charge in [-0.2, -0.15) is 0 Å². The number of nitrogens with one attached hydrogen (secondary N) is 1. The maximum Gasteiger partial charge on any atom is 0.115 e. The first kappa shape index (κ1) is 13.9. The highest BCUT2D eigenvalue weighted by molar-refractivity contribution is 6.30. The van der Waals surface area contributed by atoms with E-state index in [-0.39, 0.29) is 12.1 Å². The van der Waals surface area contributed by atoms with Gasteiger partial charge in [-0.15, -0.1) is 0 Å². The van der Waals surface area contributed by atoms with Gasteiger partial charge in [-0.3, -0.25) is 0 Å². The first-order valence-corrected chi connectivity index (χ1v) is 6.74. The lowest BCUT2D eigenvalue weighted by molar-refractivity contribution is 0.472. The molecular weight excluding hydrogens is 258 g/mol.